The molecule has 4 rings (SSSR count). The fourth-order valence-corrected chi connectivity index (χ4v) is 5.76. The van der Waals surface area contributed by atoms with Crippen molar-refractivity contribution in [2.75, 3.05) is 32.7 Å². The Labute approximate surface area is 222 Å². The van der Waals surface area contributed by atoms with Crippen molar-refractivity contribution >= 4 is 23.2 Å². The summed E-state index contributed by atoms with van der Waals surface area (Å²) in [7, 11) is 0. The number of hydrogen-bond acceptors (Lipinski definition) is 3. The Kier molecular flexibility index (Phi) is 8.65. The highest BCUT2D eigenvalue weighted by Gasteiger charge is 2.30. The number of rotatable bonds is 7. The molecule has 2 aliphatic heterocycles. The molecule has 188 valence electrons. The first-order valence-corrected chi connectivity index (χ1v) is 13.6. The molecule has 35 heavy (non-hydrogen) atoms. The van der Waals surface area contributed by atoms with Crippen LogP contribution in [0.5, 0.6) is 0 Å². The van der Waals surface area contributed by atoms with Crippen LogP contribution in [-0.2, 0) is 6.54 Å². The van der Waals surface area contributed by atoms with Gasteiger partial charge in [0.1, 0.15) is 0 Å². The van der Waals surface area contributed by atoms with Crippen LogP contribution < -0.4 is 0 Å². The molecular weight excluding hydrogens is 473 g/mol. The molecular formula is C30H39Cl2N3. The van der Waals surface area contributed by atoms with Crippen molar-refractivity contribution in [2.45, 2.75) is 53.5 Å². The second-order valence-electron chi connectivity index (χ2n) is 10.6. The zero-order chi connectivity index (χ0) is 25.1. The van der Waals surface area contributed by atoms with Crippen molar-refractivity contribution in [3.63, 3.8) is 0 Å². The van der Waals surface area contributed by atoms with Crippen LogP contribution in [0.1, 0.15) is 51.2 Å². The molecule has 1 aromatic rings. The third kappa shape index (κ3) is 6.51. The van der Waals surface area contributed by atoms with Crippen molar-refractivity contribution in [2.24, 2.45) is 5.92 Å². The predicted molar refractivity (Wildman–Crippen MR) is 150 cm³/mol. The van der Waals surface area contributed by atoms with Gasteiger partial charge in [0.2, 0.25) is 0 Å². The molecule has 0 unspecified atom stereocenters. The molecule has 1 aromatic carbocycles. The van der Waals surface area contributed by atoms with Crippen molar-refractivity contribution in [1.29, 1.82) is 0 Å². The first kappa shape index (κ1) is 26.3. The third-order valence-electron chi connectivity index (χ3n) is 7.34. The number of piperazine rings is 1. The van der Waals surface area contributed by atoms with Crippen LogP contribution in [0.2, 0.25) is 5.02 Å². The van der Waals surface area contributed by atoms with Crippen molar-refractivity contribution < 1.29 is 0 Å². The van der Waals surface area contributed by atoms with Gasteiger partial charge in [0.25, 0.3) is 0 Å². The van der Waals surface area contributed by atoms with Gasteiger partial charge in [0, 0.05) is 61.9 Å². The summed E-state index contributed by atoms with van der Waals surface area (Å²) in [5, 5.41) is 1.66. The van der Waals surface area contributed by atoms with E-state index < -0.39 is 0 Å². The third-order valence-corrected chi connectivity index (χ3v) is 7.90. The fourth-order valence-electron chi connectivity index (χ4n) is 5.25. The standard InChI is InChI=1S/C30H39Cl2N3/c1-21(2)30-28(25-7-6-8-25)17-27(31)20-35(30)24(5)15-23(4)18-33-11-13-34(14-12-33)19-26-10-9-22(3)16-29(26)32/h9-10,15-17,20,25H,5-8,11-14,18-19H2,1-4H3/b23-15+. The molecule has 5 heteroatoms. The molecule has 1 saturated carbocycles. The quantitative estimate of drug-likeness (QED) is 0.348. The smallest absolute Gasteiger partial charge is 0.0575 e. The van der Waals surface area contributed by atoms with Crippen LogP contribution in [0.4, 0.5) is 0 Å². The van der Waals surface area contributed by atoms with Gasteiger partial charge >= 0.3 is 0 Å². The van der Waals surface area contributed by atoms with Crippen molar-refractivity contribution in [3.05, 3.63) is 92.4 Å². The topological polar surface area (TPSA) is 9.72 Å². The SMILES string of the molecule is C=C(/C=C(\C)CN1CCN(Cc2ccc(C)cc2Cl)CC1)N1C=C(Cl)C=C(C2CCC2)C1=C(C)C. The molecule has 0 bridgehead atoms. The normalized spacial score (nSPS) is 20.5. The fraction of sp³-hybridized carbons (Fsp3) is 0.467. The maximum atomic E-state index is 6.56. The number of nitrogens with zero attached hydrogens (tertiary/aromatic N) is 3. The minimum atomic E-state index is 0.619. The van der Waals surface area contributed by atoms with E-state index in [-0.39, 0.29) is 0 Å². The van der Waals surface area contributed by atoms with Crippen LogP contribution in [0.15, 0.2) is 76.3 Å². The maximum Gasteiger partial charge on any atom is 0.0575 e. The second kappa shape index (κ2) is 11.5. The monoisotopic (exact) mass is 511 g/mol. The van der Waals surface area contributed by atoms with Gasteiger partial charge in [-0.25, -0.2) is 0 Å². The zero-order valence-corrected chi connectivity index (χ0v) is 23.2. The Bertz CT molecular complexity index is 1080. The Morgan fingerprint density at radius 1 is 1.06 bits per heavy atom. The second-order valence-corrected chi connectivity index (χ2v) is 11.4. The average molecular weight is 513 g/mol. The van der Waals surface area contributed by atoms with Gasteiger partial charge < -0.3 is 4.90 Å². The summed E-state index contributed by atoms with van der Waals surface area (Å²) >= 11 is 13.0. The van der Waals surface area contributed by atoms with Gasteiger partial charge in [-0.3, -0.25) is 9.80 Å². The minimum absolute atomic E-state index is 0.619. The van der Waals surface area contributed by atoms with Crippen LogP contribution in [0, 0.1) is 12.8 Å². The van der Waals surface area contributed by atoms with E-state index in [4.69, 9.17) is 23.2 Å². The van der Waals surface area contributed by atoms with Crippen LogP contribution >= 0.6 is 23.2 Å². The van der Waals surface area contributed by atoms with E-state index in [2.05, 4.69) is 79.3 Å². The molecule has 2 fully saturated rings. The first-order chi connectivity index (χ1) is 16.7. The van der Waals surface area contributed by atoms with Gasteiger partial charge in [0.15, 0.2) is 0 Å². The first-order valence-electron chi connectivity index (χ1n) is 12.8. The average Bonchev–Trinajstić information content (AvgIpc) is 2.75. The van der Waals surface area contributed by atoms with E-state index in [9.17, 15) is 0 Å². The lowest BCUT2D eigenvalue weighted by atomic mass is 9.76. The molecule has 0 amide bonds. The highest BCUT2D eigenvalue weighted by atomic mass is 35.5. The molecule has 0 spiro atoms. The summed E-state index contributed by atoms with van der Waals surface area (Å²) in [6, 6.07) is 6.37. The molecule has 0 N–H and O–H groups in total. The molecule has 0 radical (unpaired) electrons. The number of benzene rings is 1. The molecule has 3 nitrogen and oxygen atoms in total. The Morgan fingerprint density at radius 3 is 2.34 bits per heavy atom. The lowest BCUT2D eigenvalue weighted by Crippen LogP contribution is -2.46. The lowest BCUT2D eigenvalue weighted by molar-refractivity contribution is 0.135. The van der Waals surface area contributed by atoms with E-state index in [1.165, 1.54) is 52.8 Å². The van der Waals surface area contributed by atoms with Gasteiger partial charge in [-0.05, 0) is 81.4 Å². The summed E-state index contributed by atoms with van der Waals surface area (Å²) in [6.07, 6.45) is 10.2. The predicted octanol–water partition coefficient (Wildman–Crippen LogP) is 7.64. The summed E-state index contributed by atoms with van der Waals surface area (Å²) in [4.78, 5) is 7.24. The van der Waals surface area contributed by atoms with Crippen molar-refractivity contribution in [1.82, 2.24) is 14.7 Å². The summed E-state index contributed by atoms with van der Waals surface area (Å²) in [5.74, 6) is 0.619. The Morgan fingerprint density at radius 2 is 1.74 bits per heavy atom. The molecule has 3 aliphatic rings. The molecule has 0 atom stereocenters. The maximum absolute atomic E-state index is 6.56. The van der Waals surface area contributed by atoms with E-state index in [0.29, 0.717) is 5.92 Å². The van der Waals surface area contributed by atoms with Crippen LogP contribution in [-0.4, -0.2) is 47.4 Å². The van der Waals surface area contributed by atoms with Gasteiger partial charge in [-0.1, -0.05) is 59.5 Å². The van der Waals surface area contributed by atoms with Gasteiger partial charge in [-0.15, -0.1) is 0 Å². The van der Waals surface area contributed by atoms with E-state index >= 15 is 0 Å². The number of halogens is 2. The van der Waals surface area contributed by atoms with Crippen LogP contribution in [0.25, 0.3) is 0 Å². The number of aryl methyl sites for hydroxylation is 1. The summed E-state index contributed by atoms with van der Waals surface area (Å²) in [6.45, 7) is 19.2. The number of hydrogen-bond donors (Lipinski definition) is 0. The Balaban J connectivity index is 1.34. The van der Waals surface area contributed by atoms with Gasteiger partial charge in [-0.2, -0.15) is 0 Å². The van der Waals surface area contributed by atoms with Gasteiger partial charge in [0.05, 0.1) is 5.03 Å². The Hall–Kier alpha value is -1.78. The summed E-state index contributed by atoms with van der Waals surface area (Å²) in [5.41, 5.74) is 8.69. The van der Waals surface area contributed by atoms with Crippen LogP contribution in [0.3, 0.4) is 0 Å². The van der Waals surface area contributed by atoms with Crippen molar-refractivity contribution in [3.8, 4) is 0 Å². The van der Waals surface area contributed by atoms with E-state index in [1.807, 2.05) is 6.20 Å². The zero-order valence-electron chi connectivity index (χ0n) is 21.7. The molecule has 0 aromatic heterocycles. The number of allylic oxidation sites excluding steroid dienone is 5. The minimum Gasteiger partial charge on any atom is -0.316 e. The van der Waals surface area contributed by atoms with E-state index in [0.717, 1.165) is 55.0 Å². The highest BCUT2D eigenvalue weighted by molar-refractivity contribution is 6.31. The molecule has 1 aliphatic carbocycles. The van der Waals surface area contributed by atoms with E-state index in [1.54, 1.807) is 0 Å². The highest BCUT2D eigenvalue weighted by Crippen LogP contribution is 2.43. The molecule has 1 saturated heterocycles. The lowest BCUT2D eigenvalue weighted by Gasteiger charge is -2.38. The summed E-state index contributed by atoms with van der Waals surface area (Å²) < 4.78 is 0. The molecule has 2 heterocycles. The largest absolute Gasteiger partial charge is 0.316 e.